The number of fused-ring (bicyclic) bond motifs is 1. The molecule has 0 aliphatic rings. The molecule has 0 fully saturated rings. The Bertz CT molecular complexity index is 856. The van der Waals surface area contributed by atoms with Crippen molar-refractivity contribution in [2.45, 2.75) is 32.7 Å². The molecule has 25 heavy (non-hydrogen) atoms. The molecule has 2 aromatic rings. The maximum Gasteiger partial charge on any atom is 0.224 e. The van der Waals surface area contributed by atoms with E-state index in [9.17, 15) is 4.79 Å². The van der Waals surface area contributed by atoms with E-state index in [-0.39, 0.29) is 5.28 Å². The smallest absolute Gasteiger partial charge is 0.224 e. The van der Waals surface area contributed by atoms with Crippen LogP contribution in [0.25, 0.3) is 11.0 Å². The molecule has 0 aliphatic carbocycles. The van der Waals surface area contributed by atoms with Gasteiger partial charge in [0.05, 0.1) is 17.0 Å². The van der Waals surface area contributed by atoms with Gasteiger partial charge in [0.2, 0.25) is 5.28 Å². The number of aldehydes is 1. The van der Waals surface area contributed by atoms with E-state index in [1.54, 1.807) is 16.8 Å². The van der Waals surface area contributed by atoms with Gasteiger partial charge in [-0.05, 0) is 49.4 Å². The molecule has 0 saturated carbocycles. The summed E-state index contributed by atoms with van der Waals surface area (Å²) in [6.07, 6.45) is 10.4. The van der Waals surface area contributed by atoms with Crippen LogP contribution in [0.15, 0.2) is 40.7 Å². The Balaban J connectivity index is 2.52. The van der Waals surface area contributed by atoms with Gasteiger partial charge in [0.1, 0.15) is 6.29 Å². The third-order valence-corrected chi connectivity index (χ3v) is 4.20. The summed E-state index contributed by atoms with van der Waals surface area (Å²) in [4.78, 5) is 20.2. The first-order valence-electron chi connectivity index (χ1n) is 7.78. The van der Waals surface area contributed by atoms with E-state index in [1.807, 2.05) is 19.2 Å². The van der Waals surface area contributed by atoms with E-state index in [4.69, 9.17) is 17.3 Å². The van der Waals surface area contributed by atoms with Gasteiger partial charge in [-0.25, -0.2) is 4.98 Å². The molecule has 6 nitrogen and oxygen atoms in total. The molecule has 1 atom stereocenters. The van der Waals surface area contributed by atoms with Crippen LogP contribution in [0.1, 0.15) is 31.9 Å². The number of halogens is 2. The third-order valence-electron chi connectivity index (χ3n) is 3.54. The van der Waals surface area contributed by atoms with Gasteiger partial charge in [-0.15, -0.1) is 0 Å². The van der Waals surface area contributed by atoms with E-state index >= 15 is 0 Å². The fourth-order valence-corrected chi connectivity index (χ4v) is 3.10. The Morgan fingerprint density at radius 1 is 1.48 bits per heavy atom. The molecule has 2 heterocycles. The minimum Gasteiger partial charge on any atom is -0.405 e. The van der Waals surface area contributed by atoms with Crippen molar-refractivity contribution in [3.63, 3.8) is 0 Å². The van der Waals surface area contributed by atoms with E-state index in [1.165, 1.54) is 6.20 Å². The molecule has 132 valence electrons. The Hall–Kier alpha value is -1.99. The van der Waals surface area contributed by atoms with Crippen molar-refractivity contribution in [1.29, 1.82) is 0 Å². The number of rotatable bonds is 7. The molecule has 0 bridgehead atoms. The molecule has 0 aliphatic heterocycles. The van der Waals surface area contributed by atoms with Crippen molar-refractivity contribution in [1.82, 2.24) is 19.7 Å². The van der Waals surface area contributed by atoms with Gasteiger partial charge in [0.25, 0.3) is 0 Å². The number of nitrogens with zero attached hydrogens (tertiary/aromatic N) is 4. The number of carbonyl (C=O) groups is 1. The van der Waals surface area contributed by atoms with Crippen LogP contribution in [0.4, 0.5) is 0 Å². The van der Waals surface area contributed by atoms with Crippen LogP contribution < -0.4 is 5.73 Å². The van der Waals surface area contributed by atoms with Gasteiger partial charge >= 0.3 is 0 Å². The molecule has 0 amide bonds. The van der Waals surface area contributed by atoms with Crippen LogP contribution in [0.3, 0.4) is 0 Å². The van der Waals surface area contributed by atoms with Crippen LogP contribution in [0.5, 0.6) is 0 Å². The van der Waals surface area contributed by atoms with Crippen LogP contribution in [0.2, 0.25) is 5.28 Å². The highest BCUT2D eigenvalue weighted by atomic mass is 79.9. The summed E-state index contributed by atoms with van der Waals surface area (Å²) in [6.45, 7) is 4.68. The second-order valence-corrected chi connectivity index (χ2v) is 6.70. The molecule has 2 rings (SSSR count). The Kier molecular flexibility index (Phi) is 6.90. The molecule has 8 heteroatoms. The lowest BCUT2D eigenvalue weighted by molar-refractivity contribution is -0.108. The van der Waals surface area contributed by atoms with Gasteiger partial charge in [-0.1, -0.05) is 28.4 Å². The predicted octanol–water partition coefficient (Wildman–Crippen LogP) is 3.87. The summed E-state index contributed by atoms with van der Waals surface area (Å²) in [5.74, 6) is -0.551. The van der Waals surface area contributed by atoms with Crippen molar-refractivity contribution in [2.24, 2.45) is 5.73 Å². The lowest BCUT2D eigenvalue weighted by atomic mass is 9.96. The number of hydrogen-bond donors (Lipinski definition) is 1. The summed E-state index contributed by atoms with van der Waals surface area (Å²) in [7, 11) is 0. The molecule has 1 unspecified atom stereocenters. The standard InChI is InChI=1S/C17H19BrClN5O/c1-3-7-24-9-13-15(21-17(19)22-16(13)23-24)14(10-25)11(2)8-12(18)5-4-6-20/h4-6,8-10,14H,3,7,20H2,1-2H3/b6-4+,11-8+,12-5+. The maximum atomic E-state index is 11.8. The van der Waals surface area contributed by atoms with E-state index in [0.29, 0.717) is 11.3 Å². The van der Waals surface area contributed by atoms with Crippen LogP contribution in [-0.2, 0) is 11.3 Å². The molecule has 0 saturated heterocycles. The highest BCUT2D eigenvalue weighted by Gasteiger charge is 2.21. The normalized spacial score (nSPS) is 14.4. The Labute approximate surface area is 159 Å². The van der Waals surface area contributed by atoms with Gasteiger partial charge in [-0.3, -0.25) is 4.68 Å². The average molecular weight is 425 g/mol. The van der Waals surface area contributed by atoms with Gasteiger partial charge in [0.15, 0.2) is 5.65 Å². The first kappa shape index (κ1) is 19.3. The Morgan fingerprint density at radius 2 is 2.24 bits per heavy atom. The molecule has 0 radical (unpaired) electrons. The highest BCUT2D eigenvalue weighted by Crippen LogP contribution is 2.29. The zero-order chi connectivity index (χ0) is 18.4. The topological polar surface area (TPSA) is 86.7 Å². The summed E-state index contributed by atoms with van der Waals surface area (Å²) in [6, 6.07) is 0. The number of aromatic nitrogens is 4. The zero-order valence-corrected chi connectivity index (χ0v) is 16.3. The number of hydrogen-bond acceptors (Lipinski definition) is 5. The maximum absolute atomic E-state index is 11.8. The molecular formula is C17H19BrClN5O. The van der Waals surface area contributed by atoms with Crippen molar-refractivity contribution in [3.05, 3.63) is 51.7 Å². The summed E-state index contributed by atoms with van der Waals surface area (Å²) in [5.41, 5.74) is 7.18. The predicted molar refractivity (Wildman–Crippen MR) is 104 cm³/mol. The average Bonchev–Trinajstić information content (AvgIpc) is 2.96. The van der Waals surface area contributed by atoms with E-state index < -0.39 is 5.92 Å². The SMILES string of the molecule is CCCn1cc2c(C(C=O)/C(C)=C/C(Br)=C\C=C\N)nc(Cl)nc2n1. The molecule has 0 spiro atoms. The second kappa shape index (κ2) is 8.92. The largest absolute Gasteiger partial charge is 0.405 e. The van der Waals surface area contributed by atoms with E-state index in [2.05, 4.69) is 37.9 Å². The van der Waals surface area contributed by atoms with Crippen molar-refractivity contribution in [3.8, 4) is 0 Å². The second-order valence-electron chi connectivity index (χ2n) is 5.45. The Morgan fingerprint density at radius 3 is 2.88 bits per heavy atom. The van der Waals surface area contributed by atoms with Crippen molar-refractivity contribution in [2.75, 3.05) is 0 Å². The highest BCUT2D eigenvalue weighted by molar-refractivity contribution is 9.11. The monoisotopic (exact) mass is 423 g/mol. The van der Waals surface area contributed by atoms with Crippen LogP contribution in [0, 0.1) is 0 Å². The van der Waals surface area contributed by atoms with Crippen LogP contribution in [-0.4, -0.2) is 26.0 Å². The first-order chi connectivity index (χ1) is 12.0. The zero-order valence-electron chi connectivity index (χ0n) is 14.0. The number of carbonyl (C=O) groups excluding carboxylic acids is 1. The number of aryl methyl sites for hydroxylation is 1. The van der Waals surface area contributed by atoms with Gasteiger partial charge in [-0.2, -0.15) is 10.1 Å². The first-order valence-corrected chi connectivity index (χ1v) is 8.95. The van der Waals surface area contributed by atoms with Gasteiger partial charge < -0.3 is 10.5 Å². The minimum atomic E-state index is -0.551. The van der Waals surface area contributed by atoms with E-state index in [0.717, 1.165) is 34.7 Å². The molecule has 2 aromatic heterocycles. The summed E-state index contributed by atoms with van der Waals surface area (Å²) >= 11 is 9.46. The van der Waals surface area contributed by atoms with Crippen molar-refractivity contribution >= 4 is 44.9 Å². The van der Waals surface area contributed by atoms with Crippen molar-refractivity contribution < 1.29 is 4.79 Å². The lowest BCUT2D eigenvalue weighted by Gasteiger charge is -2.11. The minimum absolute atomic E-state index is 0.0737. The quantitative estimate of drug-likeness (QED) is 0.414. The number of allylic oxidation sites excluding steroid dienone is 5. The fraction of sp³-hybridized carbons (Fsp3) is 0.294. The third kappa shape index (κ3) is 4.76. The van der Waals surface area contributed by atoms with Gasteiger partial charge in [0, 0.05) is 17.2 Å². The van der Waals surface area contributed by atoms with Crippen LogP contribution >= 0.6 is 27.5 Å². The fourth-order valence-electron chi connectivity index (χ4n) is 2.42. The molecule has 0 aromatic carbocycles. The lowest BCUT2D eigenvalue weighted by Crippen LogP contribution is -2.06. The molecular weight excluding hydrogens is 406 g/mol. The molecule has 2 N–H and O–H groups in total. The summed E-state index contributed by atoms with van der Waals surface area (Å²) < 4.78 is 2.58. The number of nitrogens with two attached hydrogens (primary N) is 1. The summed E-state index contributed by atoms with van der Waals surface area (Å²) in [5, 5.41) is 5.20.